The average Bonchev–Trinajstić information content (AvgIpc) is 2.92. The summed E-state index contributed by atoms with van der Waals surface area (Å²) in [6.07, 6.45) is 2.39. The van der Waals surface area contributed by atoms with Crippen molar-refractivity contribution in [2.45, 2.75) is 46.1 Å². The summed E-state index contributed by atoms with van der Waals surface area (Å²) in [5.41, 5.74) is 0. The first kappa shape index (κ1) is 16.7. The van der Waals surface area contributed by atoms with E-state index in [0.717, 1.165) is 12.8 Å². The van der Waals surface area contributed by atoms with Crippen LogP contribution in [0.4, 0.5) is 0 Å². The summed E-state index contributed by atoms with van der Waals surface area (Å²) in [4.78, 5) is 24.0. The molecule has 1 rings (SSSR count). The van der Waals surface area contributed by atoms with E-state index < -0.39 is 0 Å². The molecule has 0 radical (unpaired) electrons. The van der Waals surface area contributed by atoms with E-state index in [1.54, 1.807) is 11.3 Å². The van der Waals surface area contributed by atoms with Gasteiger partial charge in [-0.3, -0.25) is 9.59 Å². The van der Waals surface area contributed by atoms with Crippen LogP contribution in [0.5, 0.6) is 0 Å². The molecule has 4 nitrogen and oxygen atoms in total. The molecular weight excluding hydrogens is 272 g/mol. The van der Waals surface area contributed by atoms with Gasteiger partial charge in [-0.2, -0.15) is 0 Å². The molecule has 0 aromatic carbocycles. The Kier molecular flexibility index (Phi) is 7.30. The van der Waals surface area contributed by atoms with E-state index in [2.05, 4.69) is 30.5 Å². The summed E-state index contributed by atoms with van der Waals surface area (Å²) in [7, 11) is 0. The summed E-state index contributed by atoms with van der Waals surface area (Å²) < 4.78 is 0. The summed E-state index contributed by atoms with van der Waals surface area (Å²) in [6.45, 7) is 6.15. The molecule has 0 bridgehead atoms. The first-order valence-electron chi connectivity index (χ1n) is 7.15. The van der Waals surface area contributed by atoms with E-state index in [1.165, 1.54) is 11.8 Å². The molecule has 0 saturated heterocycles. The number of thiophene rings is 1. The highest BCUT2D eigenvalue weighted by molar-refractivity contribution is 7.10. The minimum absolute atomic E-state index is 0.0101. The van der Waals surface area contributed by atoms with Crippen LogP contribution < -0.4 is 10.6 Å². The molecule has 0 saturated carbocycles. The molecule has 0 spiro atoms. The average molecular weight is 296 g/mol. The number of nitrogens with one attached hydrogen (secondary N) is 2. The maximum absolute atomic E-state index is 12.0. The predicted molar refractivity (Wildman–Crippen MR) is 82.6 cm³/mol. The number of hydrogen-bond donors (Lipinski definition) is 2. The van der Waals surface area contributed by atoms with Gasteiger partial charge in [-0.15, -0.1) is 11.3 Å². The van der Waals surface area contributed by atoms with Crippen LogP contribution >= 0.6 is 11.3 Å². The molecule has 1 atom stereocenters. The van der Waals surface area contributed by atoms with Crippen molar-refractivity contribution in [3.63, 3.8) is 0 Å². The molecule has 0 unspecified atom stereocenters. The fraction of sp³-hybridized carbons (Fsp3) is 0.600. The molecule has 0 fully saturated rings. The Balaban J connectivity index is 2.61. The summed E-state index contributed by atoms with van der Waals surface area (Å²) in [5.74, 6) is 0.329. The van der Waals surface area contributed by atoms with Gasteiger partial charge in [0.15, 0.2) is 0 Å². The highest BCUT2D eigenvalue weighted by atomic mass is 32.1. The van der Waals surface area contributed by atoms with Crippen LogP contribution in [0, 0.1) is 5.92 Å². The lowest BCUT2D eigenvalue weighted by molar-refractivity contribution is -0.122. The van der Waals surface area contributed by atoms with Gasteiger partial charge in [0.1, 0.15) is 0 Å². The van der Waals surface area contributed by atoms with Crippen LogP contribution in [0.3, 0.4) is 0 Å². The Morgan fingerprint density at radius 2 is 2.00 bits per heavy atom. The van der Waals surface area contributed by atoms with Crippen molar-refractivity contribution in [3.05, 3.63) is 22.4 Å². The van der Waals surface area contributed by atoms with Crippen molar-refractivity contribution < 1.29 is 9.59 Å². The first-order chi connectivity index (χ1) is 9.58. The maximum atomic E-state index is 12.0. The SMILES string of the molecule is CCC(CC)[C@H](NC(=O)CCNC(C)=O)c1cccs1. The summed E-state index contributed by atoms with van der Waals surface area (Å²) in [5, 5.41) is 7.80. The van der Waals surface area contributed by atoms with Crippen LogP contribution in [0.25, 0.3) is 0 Å². The number of hydrogen-bond acceptors (Lipinski definition) is 3. The van der Waals surface area contributed by atoms with Gasteiger partial charge in [0, 0.05) is 24.8 Å². The zero-order chi connectivity index (χ0) is 15.0. The Morgan fingerprint density at radius 1 is 1.30 bits per heavy atom. The van der Waals surface area contributed by atoms with Gasteiger partial charge >= 0.3 is 0 Å². The lowest BCUT2D eigenvalue weighted by atomic mass is 9.93. The topological polar surface area (TPSA) is 58.2 Å². The van der Waals surface area contributed by atoms with Gasteiger partial charge in [0.05, 0.1) is 6.04 Å². The Hall–Kier alpha value is -1.36. The smallest absolute Gasteiger partial charge is 0.222 e. The largest absolute Gasteiger partial charge is 0.356 e. The fourth-order valence-electron chi connectivity index (χ4n) is 2.25. The fourth-order valence-corrected chi connectivity index (χ4v) is 3.12. The molecular formula is C15H24N2O2S. The summed E-state index contributed by atoms with van der Waals surface area (Å²) in [6, 6.07) is 4.16. The van der Waals surface area contributed by atoms with Crippen molar-refractivity contribution in [2.75, 3.05) is 6.54 Å². The molecule has 20 heavy (non-hydrogen) atoms. The lowest BCUT2D eigenvalue weighted by Gasteiger charge is -2.25. The third kappa shape index (κ3) is 5.33. The van der Waals surface area contributed by atoms with E-state index in [4.69, 9.17) is 0 Å². The second kappa shape index (κ2) is 8.74. The second-order valence-electron chi connectivity index (χ2n) is 4.87. The van der Waals surface area contributed by atoms with Crippen LogP contribution in [0.2, 0.25) is 0 Å². The van der Waals surface area contributed by atoms with E-state index in [-0.39, 0.29) is 17.9 Å². The van der Waals surface area contributed by atoms with Crippen LogP contribution in [-0.4, -0.2) is 18.4 Å². The molecule has 0 aliphatic heterocycles. The van der Waals surface area contributed by atoms with Gasteiger partial charge < -0.3 is 10.6 Å². The minimum atomic E-state index is -0.104. The van der Waals surface area contributed by atoms with Crippen molar-refractivity contribution in [1.82, 2.24) is 10.6 Å². The Labute approximate surface area is 125 Å². The van der Waals surface area contributed by atoms with Crippen LogP contribution in [-0.2, 0) is 9.59 Å². The molecule has 1 heterocycles. The van der Waals surface area contributed by atoms with E-state index in [1.807, 2.05) is 11.4 Å². The van der Waals surface area contributed by atoms with Crippen LogP contribution in [0.15, 0.2) is 17.5 Å². The number of amides is 2. The van der Waals surface area contributed by atoms with E-state index >= 15 is 0 Å². The van der Waals surface area contributed by atoms with Crippen molar-refractivity contribution in [1.29, 1.82) is 0 Å². The summed E-state index contributed by atoms with van der Waals surface area (Å²) >= 11 is 1.68. The van der Waals surface area contributed by atoms with E-state index in [9.17, 15) is 9.59 Å². The molecule has 1 aromatic heterocycles. The van der Waals surface area contributed by atoms with Gasteiger partial charge in [-0.25, -0.2) is 0 Å². The van der Waals surface area contributed by atoms with Gasteiger partial charge in [-0.1, -0.05) is 32.8 Å². The first-order valence-corrected chi connectivity index (χ1v) is 8.03. The highest BCUT2D eigenvalue weighted by Gasteiger charge is 2.23. The van der Waals surface area contributed by atoms with E-state index in [0.29, 0.717) is 18.9 Å². The molecule has 0 aliphatic rings. The van der Waals surface area contributed by atoms with Gasteiger partial charge in [0.2, 0.25) is 11.8 Å². The second-order valence-corrected chi connectivity index (χ2v) is 5.85. The zero-order valence-corrected chi connectivity index (χ0v) is 13.3. The third-order valence-corrected chi connectivity index (χ3v) is 4.37. The minimum Gasteiger partial charge on any atom is -0.356 e. The molecule has 2 N–H and O–H groups in total. The number of rotatable bonds is 8. The quantitative estimate of drug-likeness (QED) is 0.775. The molecule has 5 heteroatoms. The van der Waals surface area contributed by atoms with Crippen molar-refractivity contribution in [2.24, 2.45) is 5.92 Å². The van der Waals surface area contributed by atoms with Gasteiger partial charge in [-0.05, 0) is 17.4 Å². The number of carbonyl (C=O) groups excluding carboxylic acids is 2. The zero-order valence-electron chi connectivity index (χ0n) is 12.4. The predicted octanol–water partition coefficient (Wildman–Crippen LogP) is 2.87. The maximum Gasteiger partial charge on any atom is 0.222 e. The highest BCUT2D eigenvalue weighted by Crippen LogP contribution is 2.30. The Morgan fingerprint density at radius 3 is 2.50 bits per heavy atom. The molecule has 0 aliphatic carbocycles. The lowest BCUT2D eigenvalue weighted by Crippen LogP contribution is -2.35. The standard InChI is InChI=1S/C15H24N2O2S/c1-4-12(5-2)15(13-7-6-10-20-13)17-14(19)8-9-16-11(3)18/h6-7,10,12,15H,4-5,8-9H2,1-3H3,(H,16,18)(H,17,19)/t15-/m0/s1. The molecule has 2 amide bonds. The monoisotopic (exact) mass is 296 g/mol. The van der Waals surface area contributed by atoms with Crippen molar-refractivity contribution in [3.8, 4) is 0 Å². The third-order valence-electron chi connectivity index (χ3n) is 3.41. The Bertz CT molecular complexity index is 414. The normalized spacial score (nSPS) is 12.2. The number of carbonyl (C=O) groups is 2. The van der Waals surface area contributed by atoms with Crippen molar-refractivity contribution >= 4 is 23.2 Å². The molecule has 1 aromatic rings. The molecule has 112 valence electrons. The van der Waals surface area contributed by atoms with Crippen LogP contribution in [0.1, 0.15) is 51.0 Å². The van der Waals surface area contributed by atoms with Gasteiger partial charge in [0.25, 0.3) is 0 Å².